The Morgan fingerprint density at radius 2 is 2.03 bits per heavy atom. The number of benzene rings is 2. The van der Waals surface area contributed by atoms with Crippen molar-refractivity contribution in [2.75, 3.05) is 31.0 Å². The standard InChI is InChI=1S/C23H23N3O4S/c1-14-24-19(13-31-14)15-5-4-6-17(9-15)25-23(28)16-10-22(27)26(12-16)20-11-18(29-2)7-8-21(20)30-3/h4-9,11,13,16H,10,12H2,1-3H3,(H,25,28). The number of thiazole rings is 1. The number of rotatable bonds is 6. The van der Waals surface area contributed by atoms with E-state index in [1.54, 1.807) is 48.7 Å². The number of aromatic nitrogens is 1. The van der Waals surface area contributed by atoms with E-state index in [2.05, 4.69) is 10.3 Å². The molecule has 2 heterocycles. The average Bonchev–Trinajstić information content (AvgIpc) is 3.39. The first-order valence-corrected chi connectivity index (χ1v) is 10.7. The molecular weight excluding hydrogens is 414 g/mol. The normalized spacial score (nSPS) is 15.8. The number of amides is 2. The van der Waals surface area contributed by atoms with Crippen molar-refractivity contribution >= 4 is 34.5 Å². The molecule has 0 bridgehead atoms. The molecule has 1 unspecified atom stereocenters. The second-order valence-electron chi connectivity index (χ2n) is 7.26. The van der Waals surface area contributed by atoms with E-state index in [1.165, 1.54) is 0 Å². The average molecular weight is 438 g/mol. The molecule has 2 aromatic carbocycles. The van der Waals surface area contributed by atoms with E-state index in [4.69, 9.17) is 9.47 Å². The molecule has 0 saturated carbocycles. The van der Waals surface area contributed by atoms with E-state index in [-0.39, 0.29) is 24.8 Å². The molecule has 4 rings (SSSR count). The van der Waals surface area contributed by atoms with Gasteiger partial charge in [-0.2, -0.15) is 0 Å². The van der Waals surface area contributed by atoms with Gasteiger partial charge in [-0.05, 0) is 31.2 Å². The van der Waals surface area contributed by atoms with Crippen LogP contribution in [0.25, 0.3) is 11.3 Å². The predicted molar refractivity (Wildman–Crippen MR) is 121 cm³/mol. The molecule has 0 spiro atoms. The molecule has 1 atom stereocenters. The largest absolute Gasteiger partial charge is 0.497 e. The SMILES string of the molecule is COc1ccc(OC)c(N2CC(C(=O)Nc3cccc(-c4csc(C)n4)c3)CC2=O)c1. The minimum absolute atomic E-state index is 0.126. The van der Waals surface area contributed by atoms with Crippen molar-refractivity contribution in [1.29, 1.82) is 0 Å². The second kappa shape index (κ2) is 8.77. The number of anilines is 2. The number of carbonyl (C=O) groups is 2. The Labute approximate surface area is 184 Å². The van der Waals surface area contributed by atoms with Crippen LogP contribution >= 0.6 is 11.3 Å². The number of nitrogens with zero attached hydrogens (tertiary/aromatic N) is 2. The van der Waals surface area contributed by atoms with Crippen molar-refractivity contribution in [3.05, 3.63) is 52.9 Å². The van der Waals surface area contributed by atoms with Crippen molar-refractivity contribution in [3.63, 3.8) is 0 Å². The molecule has 1 aliphatic rings. The van der Waals surface area contributed by atoms with E-state index in [0.717, 1.165) is 16.3 Å². The van der Waals surface area contributed by atoms with Gasteiger partial charge in [0.15, 0.2) is 0 Å². The van der Waals surface area contributed by atoms with Crippen LogP contribution in [0.1, 0.15) is 11.4 Å². The highest BCUT2D eigenvalue weighted by molar-refractivity contribution is 7.09. The van der Waals surface area contributed by atoms with Crippen LogP contribution in [0.15, 0.2) is 47.8 Å². The molecular formula is C23H23N3O4S. The molecule has 7 nitrogen and oxygen atoms in total. The Morgan fingerprint density at radius 1 is 1.19 bits per heavy atom. The fraction of sp³-hybridized carbons (Fsp3) is 0.261. The van der Waals surface area contributed by atoms with Crippen LogP contribution in [0.5, 0.6) is 11.5 Å². The summed E-state index contributed by atoms with van der Waals surface area (Å²) in [7, 11) is 3.11. The topological polar surface area (TPSA) is 80.8 Å². The Balaban J connectivity index is 1.49. The third-order valence-corrected chi connectivity index (χ3v) is 5.99. The highest BCUT2D eigenvalue weighted by atomic mass is 32.1. The van der Waals surface area contributed by atoms with Crippen LogP contribution in [0.3, 0.4) is 0 Å². The maximum Gasteiger partial charge on any atom is 0.229 e. The highest BCUT2D eigenvalue weighted by Gasteiger charge is 2.36. The predicted octanol–water partition coefficient (Wildman–Crippen LogP) is 4.13. The number of carbonyl (C=O) groups excluding carboxylic acids is 2. The second-order valence-corrected chi connectivity index (χ2v) is 8.33. The van der Waals surface area contributed by atoms with E-state index < -0.39 is 5.92 Å². The van der Waals surface area contributed by atoms with Gasteiger partial charge in [-0.15, -0.1) is 11.3 Å². The molecule has 0 aliphatic carbocycles. The number of ether oxygens (including phenoxy) is 2. The van der Waals surface area contributed by atoms with Crippen LogP contribution in [-0.2, 0) is 9.59 Å². The lowest BCUT2D eigenvalue weighted by Gasteiger charge is -2.20. The molecule has 3 aromatic rings. The van der Waals surface area contributed by atoms with E-state index in [9.17, 15) is 9.59 Å². The Bertz CT molecular complexity index is 1130. The van der Waals surface area contributed by atoms with Crippen LogP contribution in [0.4, 0.5) is 11.4 Å². The van der Waals surface area contributed by atoms with Crippen LogP contribution in [0, 0.1) is 12.8 Å². The minimum Gasteiger partial charge on any atom is -0.497 e. The molecule has 1 aromatic heterocycles. The molecule has 8 heteroatoms. The maximum atomic E-state index is 12.9. The van der Waals surface area contributed by atoms with Gasteiger partial charge in [0.05, 0.1) is 36.5 Å². The summed E-state index contributed by atoms with van der Waals surface area (Å²) < 4.78 is 10.7. The summed E-state index contributed by atoms with van der Waals surface area (Å²) >= 11 is 1.58. The molecule has 2 amide bonds. The third kappa shape index (κ3) is 4.39. The van der Waals surface area contributed by atoms with Gasteiger partial charge in [-0.3, -0.25) is 9.59 Å². The summed E-state index contributed by atoms with van der Waals surface area (Å²) in [5.74, 6) is 0.392. The van der Waals surface area contributed by atoms with Gasteiger partial charge in [-0.1, -0.05) is 12.1 Å². The van der Waals surface area contributed by atoms with Gasteiger partial charge in [-0.25, -0.2) is 4.98 Å². The van der Waals surface area contributed by atoms with Crippen LogP contribution < -0.4 is 19.7 Å². The Morgan fingerprint density at radius 3 is 2.74 bits per heavy atom. The molecule has 160 valence electrons. The summed E-state index contributed by atoms with van der Waals surface area (Å²) in [6.45, 7) is 2.24. The van der Waals surface area contributed by atoms with Gasteiger partial charge in [0.25, 0.3) is 0 Å². The third-order valence-electron chi connectivity index (χ3n) is 5.22. The highest BCUT2D eigenvalue weighted by Crippen LogP contribution is 2.36. The van der Waals surface area contributed by atoms with Crippen molar-refractivity contribution in [2.24, 2.45) is 5.92 Å². The number of hydrogen-bond donors (Lipinski definition) is 1. The van der Waals surface area contributed by atoms with Crippen molar-refractivity contribution < 1.29 is 19.1 Å². The van der Waals surface area contributed by atoms with Crippen molar-refractivity contribution in [2.45, 2.75) is 13.3 Å². The first kappa shape index (κ1) is 20.9. The molecule has 1 N–H and O–H groups in total. The lowest BCUT2D eigenvalue weighted by atomic mass is 10.1. The van der Waals surface area contributed by atoms with Crippen LogP contribution in [-0.4, -0.2) is 37.6 Å². The summed E-state index contributed by atoms with van der Waals surface area (Å²) in [5, 5.41) is 5.93. The lowest BCUT2D eigenvalue weighted by molar-refractivity contribution is -0.122. The fourth-order valence-corrected chi connectivity index (χ4v) is 4.24. The summed E-state index contributed by atoms with van der Waals surface area (Å²) in [4.78, 5) is 31.7. The maximum absolute atomic E-state index is 12.9. The van der Waals surface area contributed by atoms with E-state index in [1.807, 2.05) is 36.6 Å². The first-order valence-electron chi connectivity index (χ1n) is 9.84. The quantitative estimate of drug-likeness (QED) is 0.627. The molecule has 1 saturated heterocycles. The van der Waals surface area contributed by atoms with E-state index in [0.29, 0.717) is 22.9 Å². The van der Waals surface area contributed by atoms with E-state index >= 15 is 0 Å². The van der Waals surface area contributed by atoms with Gasteiger partial charge in [0.2, 0.25) is 11.8 Å². The number of aryl methyl sites for hydroxylation is 1. The van der Waals surface area contributed by atoms with Gasteiger partial charge in [0.1, 0.15) is 11.5 Å². The first-order chi connectivity index (χ1) is 15.0. The van der Waals surface area contributed by atoms with Gasteiger partial charge in [0, 0.05) is 35.7 Å². The molecule has 1 fully saturated rings. The number of nitrogens with one attached hydrogen (secondary N) is 1. The Hall–Kier alpha value is -3.39. The number of hydrogen-bond acceptors (Lipinski definition) is 6. The van der Waals surface area contributed by atoms with Gasteiger partial charge < -0.3 is 19.7 Å². The monoisotopic (exact) mass is 437 g/mol. The zero-order valence-corrected chi connectivity index (χ0v) is 18.4. The summed E-state index contributed by atoms with van der Waals surface area (Å²) in [6.07, 6.45) is 0.136. The van der Waals surface area contributed by atoms with Crippen LogP contribution in [0.2, 0.25) is 0 Å². The lowest BCUT2D eigenvalue weighted by Crippen LogP contribution is -2.28. The zero-order chi connectivity index (χ0) is 22.0. The molecule has 31 heavy (non-hydrogen) atoms. The molecule has 1 aliphatic heterocycles. The Kier molecular flexibility index (Phi) is 5.90. The van der Waals surface area contributed by atoms with Gasteiger partial charge >= 0.3 is 0 Å². The summed E-state index contributed by atoms with van der Waals surface area (Å²) in [5.41, 5.74) is 3.10. The van der Waals surface area contributed by atoms with Crippen molar-refractivity contribution in [3.8, 4) is 22.8 Å². The van der Waals surface area contributed by atoms with Crippen molar-refractivity contribution in [1.82, 2.24) is 4.98 Å². The number of methoxy groups -OCH3 is 2. The zero-order valence-electron chi connectivity index (χ0n) is 17.5. The summed E-state index contributed by atoms with van der Waals surface area (Å²) in [6, 6.07) is 12.8. The minimum atomic E-state index is -0.464. The fourth-order valence-electron chi connectivity index (χ4n) is 3.62. The molecule has 0 radical (unpaired) electrons. The smallest absolute Gasteiger partial charge is 0.229 e.